The first kappa shape index (κ1) is 15.1. The number of ketones is 1. The lowest BCUT2D eigenvalue weighted by Gasteiger charge is -2.59. The summed E-state index contributed by atoms with van der Waals surface area (Å²) in [5.74, 6) is 0.999. The lowest BCUT2D eigenvalue weighted by atomic mass is 9.59. The first-order valence-electron chi connectivity index (χ1n) is 7.79. The van der Waals surface area contributed by atoms with E-state index in [1.54, 1.807) is 0 Å². The van der Waals surface area contributed by atoms with E-state index in [1.165, 1.54) is 0 Å². The summed E-state index contributed by atoms with van der Waals surface area (Å²) in [7, 11) is 0. The Labute approximate surface area is 131 Å². The molecule has 3 nitrogen and oxygen atoms in total. The summed E-state index contributed by atoms with van der Waals surface area (Å²) in [6, 6.07) is 0. The average molecular weight is 311 g/mol. The number of carbonyl (C=O) groups excluding carboxylic acids is 1. The zero-order chi connectivity index (χ0) is 15.3. The van der Waals surface area contributed by atoms with Crippen LogP contribution in [0.5, 0.6) is 0 Å². The van der Waals surface area contributed by atoms with Crippen LogP contribution in [0.1, 0.15) is 39.0 Å². The highest BCUT2D eigenvalue weighted by atomic mass is 35.5. The van der Waals surface area contributed by atoms with Gasteiger partial charge in [-0.15, -0.1) is 11.6 Å². The highest BCUT2D eigenvalue weighted by Crippen LogP contribution is 2.66. The van der Waals surface area contributed by atoms with Crippen molar-refractivity contribution in [1.82, 2.24) is 0 Å². The van der Waals surface area contributed by atoms with Crippen LogP contribution in [0.4, 0.5) is 0 Å². The molecule has 1 aliphatic heterocycles. The van der Waals surface area contributed by atoms with Crippen molar-refractivity contribution >= 4 is 17.4 Å². The summed E-state index contributed by atoms with van der Waals surface area (Å²) >= 11 is 5.85. The average Bonchev–Trinajstić information content (AvgIpc) is 2.65. The van der Waals surface area contributed by atoms with E-state index in [-0.39, 0.29) is 17.6 Å². The Morgan fingerprint density at radius 3 is 2.95 bits per heavy atom. The first-order valence-corrected chi connectivity index (χ1v) is 8.32. The highest BCUT2D eigenvalue weighted by molar-refractivity contribution is 6.18. The molecule has 21 heavy (non-hydrogen) atoms. The number of hydrogen-bond acceptors (Lipinski definition) is 3. The van der Waals surface area contributed by atoms with Crippen molar-refractivity contribution in [1.29, 1.82) is 0 Å². The molecule has 0 radical (unpaired) electrons. The molecule has 0 amide bonds. The predicted molar refractivity (Wildman–Crippen MR) is 82.0 cm³/mol. The van der Waals surface area contributed by atoms with Crippen LogP contribution in [0.2, 0.25) is 0 Å². The number of halogens is 1. The van der Waals surface area contributed by atoms with Crippen molar-refractivity contribution in [3.05, 3.63) is 24.5 Å². The minimum Gasteiger partial charge on any atom is -0.490 e. The zero-order valence-electron chi connectivity index (χ0n) is 12.5. The van der Waals surface area contributed by atoms with Gasteiger partial charge < -0.3 is 9.84 Å². The molecule has 0 spiro atoms. The van der Waals surface area contributed by atoms with Gasteiger partial charge in [-0.2, -0.15) is 0 Å². The number of aliphatic hydroxyl groups excluding tert-OH is 1. The van der Waals surface area contributed by atoms with Gasteiger partial charge in [0.05, 0.1) is 12.0 Å². The Kier molecular flexibility index (Phi) is 3.69. The molecular formula is C17H23ClO3. The third kappa shape index (κ3) is 1.86. The summed E-state index contributed by atoms with van der Waals surface area (Å²) in [4.78, 5) is 12.5. The molecule has 1 saturated heterocycles. The number of fused-ring (bicyclic) bond motifs is 1. The topological polar surface area (TPSA) is 46.5 Å². The number of carbonyl (C=O) groups is 1. The van der Waals surface area contributed by atoms with E-state index in [0.29, 0.717) is 24.5 Å². The van der Waals surface area contributed by atoms with Gasteiger partial charge in [0, 0.05) is 18.2 Å². The molecule has 4 heteroatoms. The molecule has 2 fully saturated rings. The normalized spacial score (nSPS) is 43.2. The second-order valence-corrected chi connectivity index (χ2v) is 7.12. The lowest BCUT2D eigenvalue weighted by Crippen LogP contribution is -2.65. The Morgan fingerprint density at radius 1 is 1.62 bits per heavy atom. The van der Waals surface area contributed by atoms with Crippen molar-refractivity contribution < 1.29 is 14.6 Å². The van der Waals surface area contributed by atoms with Crippen LogP contribution in [-0.2, 0) is 9.53 Å². The van der Waals surface area contributed by atoms with Gasteiger partial charge in [0.2, 0.25) is 0 Å². The van der Waals surface area contributed by atoms with Crippen LogP contribution < -0.4 is 0 Å². The molecule has 116 valence electrons. The molecule has 0 bridgehead atoms. The fraction of sp³-hybridized carbons (Fsp3) is 0.706. The lowest BCUT2D eigenvalue weighted by molar-refractivity contribution is -0.242. The Hall–Kier alpha value is -0.800. The van der Waals surface area contributed by atoms with Crippen LogP contribution in [0.15, 0.2) is 24.5 Å². The summed E-state index contributed by atoms with van der Waals surface area (Å²) in [6.07, 6.45) is 7.64. The molecule has 1 heterocycles. The number of allylic oxidation sites excluding steroid dienone is 1. The predicted octanol–water partition coefficient (Wildman–Crippen LogP) is 3.21. The number of rotatable bonds is 4. The maximum absolute atomic E-state index is 12.5. The zero-order valence-corrected chi connectivity index (χ0v) is 13.2. The summed E-state index contributed by atoms with van der Waals surface area (Å²) in [5, 5.41) is 11.0. The van der Waals surface area contributed by atoms with E-state index < -0.39 is 17.1 Å². The van der Waals surface area contributed by atoms with Gasteiger partial charge in [-0.25, -0.2) is 0 Å². The molecule has 0 aromatic heterocycles. The molecule has 1 N–H and O–H groups in total. The smallest absolute Gasteiger partial charge is 0.141 e. The summed E-state index contributed by atoms with van der Waals surface area (Å²) in [5.41, 5.74) is -1.28. The Morgan fingerprint density at radius 2 is 2.38 bits per heavy atom. The van der Waals surface area contributed by atoms with Crippen molar-refractivity contribution in [2.45, 2.75) is 50.7 Å². The van der Waals surface area contributed by atoms with Crippen molar-refractivity contribution in [2.75, 3.05) is 5.88 Å². The van der Waals surface area contributed by atoms with E-state index in [4.69, 9.17) is 16.3 Å². The molecule has 2 aliphatic carbocycles. The fourth-order valence-electron chi connectivity index (χ4n) is 4.61. The largest absolute Gasteiger partial charge is 0.490 e. The minimum atomic E-state index is -0.652. The Balaban J connectivity index is 1.94. The fourth-order valence-corrected chi connectivity index (χ4v) is 4.82. The van der Waals surface area contributed by atoms with Gasteiger partial charge in [-0.3, -0.25) is 4.79 Å². The molecule has 3 aliphatic rings. The maximum atomic E-state index is 12.5. The third-order valence-corrected chi connectivity index (χ3v) is 6.04. The van der Waals surface area contributed by atoms with E-state index in [2.05, 4.69) is 18.7 Å². The first-order chi connectivity index (χ1) is 9.97. The number of ether oxygens (including phenoxy) is 1. The standard InChI is InChI=1S/C17H23ClO3/c1-11-17(15(20)12-6-4-3-5-7-12)10-14(19)13(8-9-18)16(17,2)21-11/h4,6,12-13,15,20H,1,3,5,7-10H2,2H3. The minimum absolute atomic E-state index is 0.0845. The van der Waals surface area contributed by atoms with Crippen LogP contribution in [0.25, 0.3) is 0 Å². The summed E-state index contributed by atoms with van der Waals surface area (Å²) in [6.45, 7) is 5.92. The molecule has 5 atom stereocenters. The third-order valence-electron chi connectivity index (χ3n) is 5.83. The SMILES string of the molecule is C=C1OC2(C)C(CCCl)C(=O)CC12C(O)C1C=CCCC1. The van der Waals surface area contributed by atoms with E-state index in [0.717, 1.165) is 19.3 Å². The molecular weight excluding hydrogens is 288 g/mol. The second-order valence-electron chi connectivity index (χ2n) is 6.74. The molecule has 0 aromatic rings. The number of aliphatic hydroxyl groups is 1. The molecule has 1 saturated carbocycles. The molecule has 5 unspecified atom stereocenters. The molecule has 3 rings (SSSR count). The van der Waals surface area contributed by atoms with Crippen LogP contribution >= 0.6 is 11.6 Å². The van der Waals surface area contributed by atoms with E-state index in [1.807, 2.05) is 6.92 Å². The van der Waals surface area contributed by atoms with Crippen molar-refractivity contribution in [2.24, 2.45) is 17.3 Å². The van der Waals surface area contributed by atoms with Crippen LogP contribution in [0, 0.1) is 17.3 Å². The van der Waals surface area contributed by atoms with Crippen molar-refractivity contribution in [3.8, 4) is 0 Å². The monoisotopic (exact) mass is 310 g/mol. The van der Waals surface area contributed by atoms with Gasteiger partial charge in [-0.1, -0.05) is 18.7 Å². The van der Waals surface area contributed by atoms with Crippen molar-refractivity contribution in [3.63, 3.8) is 0 Å². The summed E-state index contributed by atoms with van der Waals surface area (Å²) < 4.78 is 5.84. The second kappa shape index (κ2) is 5.13. The van der Waals surface area contributed by atoms with Gasteiger partial charge >= 0.3 is 0 Å². The number of Topliss-reactive ketones (excluding diaryl/α,β-unsaturated/α-hetero) is 1. The van der Waals surface area contributed by atoms with Crippen LogP contribution in [-0.4, -0.2) is 28.5 Å². The van der Waals surface area contributed by atoms with Gasteiger partial charge in [-0.05, 0) is 32.6 Å². The molecule has 0 aromatic carbocycles. The van der Waals surface area contributed by atoms with Gasteiger partial charge in [0.15, 0.2) is 0 Å². The quantitative estimate of drug-likeness (QED) is 0.640. The van der Waals surface area contributed by atoms with Gasteiger partial charge in [0.25, 0.3) is 0 Å². The van der Waals surface area contributed by atoms with Crippen LogP contribution in [0.3, 0.4) is 0 Å². The number of hydrogen-bond donors (Lipinski definition) is 1. The van der Waals surface area contributed by atoms with E-state index in [9.17, 15) is 9.90 Å². The maximum Gasteiger partial charge on any atom is 0.141 e. The van der Waals surface area contributed by atoms with Gasteiger partial charge in [0.1, 0.15) is 22.6 Å². The van der Waals surface area contributed by atoms with E-state index >= 15 is 0 Å². The highest BCUT2D eigenvalue weighted by Gasteiger charge is 2.75. The Bertz CT molecular complexity index is 500. The number of alkyl halides is 1.